The van der Waals surface area contributed by atoms with Gasteiger partial charge in [-0.1, -0.05) is 6.07 Å². The highest BCUT2D eigenvalue weighted by molar-refractivity contribution is 7.13. The maximum Gasteiger partial charge on any atom is 0.313 e. The monoisotopic (exact) mass is 387 g/mol. The van der Waals surface area contributed by atoms with Crippen LogP contribution in [0.25, 0.3) is 10.6 Å². The predicted molar refractivity (Wildman–Crippen MR) is 99.3 cm³/mol. The number of thiazole rings is 1. The van der Waals surface area contributed by atoms with Crippen molar-refractivity contribution in [1.82, 2.24) is 10.3 Å². The van der Waals surface area contributed by atoms with Crippen LogP contribution in [0.15, 0.2) is 53.9 Å². The van der Waals surface area contributed by atoms with Crippen molar-refractivity contribution in [2.24, 2.45) is 0 Å². The lowest BCUT2D eigenvalue weighted by atomic mass is 10.2. The first-order valence-electron chi connectivity index (χ1n) is 8.06. The molecule has 0 atom stereocenters. The first-order valence-corrected chi connectivity index (χ1v) is 8.94. The van der Waals surface area contributed by atoms with Gasteiger partial charge in [0.25, 0.3) is 0 Å². The molecular formula is C19H15F2N3O2S. The molecule has 8 heteroatoms. The molecule has 1 heterocycles. The van der Waals surface area contributed by atoms with Gasteiger partial charge < -0.3 is 10.6 Å². The number of rotatable bonds is 5. The van der Waals surface area contributed by atoms with Gasteiger partial charge in [-0.25, -0.2) is 13.8 Å². The summed E-state index contributed by atoms with van der Waals surface area (Å²) >= 11 is 1.42. The quantitative estimate of drug-likeness (QED) is 0.660. The Morgan fingerprint density at radius 2 is 1.78 bits per heavy atom. The second-order valence-electron chi connectivity index (χ2n) is 5.62. The largest absolute Gasteiger partial charge is 0.347 e. The van der Waals surface area contributed by atoms with Gasteiger partial charge in [0.05, 0.1) is 5.69 Å². The molecule has 2 N–H and O–H groups in total. The number of carbonyl (C=O) groups is 2. The van der Waals surface area contributed by atoms with E-state index in [1.807, 2.05) is 5.38 Å². The molecule has 27 heavy (non-hydrogen) atoms. The number of halogens is 2. The Labute approximate surface area is 158 Å². The van der Waals surface area contributed by atoms with E-state index in [-0.39, 0.29) is 18.0 Å². The first-order chi connectivity index (χ1) is 13.0. The second-order valence-corrected chi connectivity index (χ2v) is 6.48. The summed E-state index contributed by atoms with van der Waals surface area (Å²) in [6.07, 6.45) is 0.441. The highest BCUT2D eigenvalue weighted by Gasteiger charge is 2.14. The third-order valence-corrected chi connectivity index (χ3v) is 4.54. The third-order valence-electron chi connectivity index (χ3n) is 3.60. The van der Waals surface area contributed by atoms with Gasteiger partial charge in [-0.2, -0.15) is 0 Å². The average Bonchev–Trinajstić information content (AvgIpc) is 3.11. The number of anilines is 1. The predicted octanol–water partition coefficient (Wildman–Crippen LogP) is 3.39. The summed E-state index contributed by atoms with van der Waals surface area (Å²) in [5, 5.41) is 7.41. The van der Waals surface area contributed by atoms with Crippen molar-refractivity contribution >= 4 is 28.8 Å². The van der Waals surface area contributed by atoms with Crippen LogP contribution in [0.1, 0.15) is 5.69 Å². The van der Waals surface area contributed by atoms with E-state index in [4.69, 9.17) is 0 Å². The zero-order valence-electron chi connectivity index (χ0n) is 14.0. The second kappa shape index (κ2) is 8.50. The van der Waals surface area contributed by atoms with E-state index in [2.05, 4.69) is 15.6 Å². The van der Waals surface area contributed by atoms with Gasteiger partial charge in [0.15, 0.2) is 0 Å². The normalized spacial score (nSPS) is 10.4. The molecule has 0 radical (unpaired) electrons. The smallest absolute Gasteiger partial charge is 0.313 e. The Balaban J connectivity index is 1.48. The minimum atomic E-state index is -0.870. The Kier molecular flexibility index (Phi) is 5.87. The molecule has 0 unspecified atom stereocenters. The number of amides is 2. The van der Waals surface area contributed by atoms with Crippen LogP contribution in [0, 0.1) is 11.6 Å². The Bertz CT molecular complexity index is 958. The zero-order valence-corrected chi connectivity index (χ0v) is 14.9. The molecule has 0 spiro atoms. The molecule has 0 saturated carbocycles. The Morgan fingerprint density at radius 1 is 1.00 bits per heavy atom. The number of hydrogen-bond acceptors (Lipinski definition) is 4. The summed E-state index contributed by atoms with van der Waals surface area (Å²) in [5.41, 5.74) is 1.77. The zero-order chi connectivity index (χ0) is 19.2. The number of nitrogens with one attached hydrogen (secondary N) is 2. The van der Waals surface area contributed by atoms with Crippen LogP contribution in [-0.2, 0) is 16.0 Å². The molecule has 0 aliphatic carbocycles. The number of carbonyl (C=O) groups excluding carboxylic acids is 2. The van der Waals surface area contributed by atoms with Gasteiger partial charge in [-0.05, 0) is 42.5 Å². The van der Waals surface area contributed by atoms with E-state index in [9.17, 15) is 18.4 Å². The summed E-state index contributed by atoms with van der Waals surface area (Å²) in [5.74, 6) is -2.50. The minimum absolute atomic E-state index is 0.207. The molecule has 0 fully saturated rings. The van der Waals surface area contributed by atoms with Crippen molar-refractivity contribution in [3.63, 3.8) is 0 Å². The fourth-order valence-electron chi connectivity index (χ4n) is 2.29. The van der Waals surface area contributed by atoms with Crippen molar-refractivity contribution in [2.75, 3.05) is 11.9 Å². The average molecular weight is 387 g/mol. The van der Waals surface area contributed by atoms with Gasteiger partial charge in [-0.3, -0.25) is 9.59 Å². The molecule has 3 rings (SSSR count). The van der Waals surface area contributed by atoms with E-state index in [1.165, 1.54) is 41.7 Å². The molecule has 3 aromatic rings. The van der Waals surface area contributed by atoms with E-state index >= 15 is 0 Å². The van der Waals surface area contributed by atoms with E-state index in [1.54, 1.807) is 12.1 Å². The van der Waals surface area contributed by atoms with Crippen LogP contribution < -0.4 is 10.6 Å². The molecule has 2 aromatic carbocycles. The SMILES string of the molecule is O=C(NCCc1csc(-c2ccc(F)cc2)n1)C(=O)Nc1cccc(F)c1. The lowest BCUT2D eigenvalue weighted by molar-refractivity contribution is -0.136. The number of aromatic nitrogens is 1. The van der Waals surface area contributed by atoms with E-state index in [0.29, 0.717) is 6.42 Å². The van der Waals surface area contributed by atoms with Crippen LogP contribution in [0.3, 0.4) is 0 Å². The Hall–Kier alpha value is -3.13. The van der Waals surface area contributed by atoms with Crippen molar-refractivity contribution in [3.05, 3.63) is 71.2 Å². The minimum Gasteiger partial charge on any atom is -0.347 e. The number of benzene rings is 2. The molecule has 1 aromatic heterocycles. The van der Waals surface area contributed by atoms with Gasteiger partial charge in [0.2, 0.25) is 0 Å². The summed E-state index contributed by atoms with van der Waals surface area (Å²) in [4.78, 5) is 28.0. The maximum atomic E-state index is 13.1. The summed E-state index contributed by atoms with van der Waals surface area (Å²) in [6, 6.07) is 11.3. The molecule has 0 aliphatic heterocycles. The molecule has 0 saturated heterocycles. The lowest BCUT2D eigenvalue weighted by Gasteiger charge is -2.06. The summed E-state index contributed by atoms with van der Waals surface area (Å²) in [6.45, 7) is 0.224. The van der Waals surface area contributed by atoms with Gasteiger partial charge in [0, 0.05) is 29.6 Å². The van der Waals surface area contributed by atoms with Gasteiger partial charge >= 0.3 is 11.8 Å². The molecule has 138 valence electrons. The third kappa shape index (κ3) is 5.18. The fourth-order valence-corrected chi connectivity index (χ4v) is 3.15. The number of nitrogens with zero attached hydrogens (tertiary/aromatic N) is 1. The highest BCUT2D eigenvalue weighted by Crippen LogP contribution is 2.23. The maximum absolute atomic E-state index is 13.1. The lowest BCUT2D eigenvalue weighted by Crippen LogP contribution is -2.36. The molecular weight excluding hydrogens is 372 g/mol. The topological polar surface area (TPSA) is 71.1 Å². The van der Waals surface area contributed by atoms with E-state index < -0.39 is 17.6 Å². The van der Waals surface area contributed by atoms with Crippen LogP contribution in [-0.4, -0.2) is 23.3 Å². The van der Waals surface area contributed by atoms with Crippen molar-refractivity contribution in [1.29, 1.82) is 0 Å². The van der Waals surface area contributed by atoms with Gasteiger partial charge in [0.1, 0.15) is 16.6 Å². The van der Waals surface area contributed by atoms with Crippen LogP contribution in [0.2, 0.25) is 0 Å². The molecule has 0 bridgehead atoms. The summed E-state index contributed by atoms with van der Waals surface area (Å²) in [7, 11) is 0. The fraction of sp³-hybridized carbons (Fsp3) is 0.105. The standard InChI is InChI=1S/C19H15F2N3O2S/c20-13-6-4-12(5-7-13)19-24-16(11-27-19)8-9-22-17(25)18(26)23-15-3-1-2-14(21)10-15/h1-7,10-11H,8-9H2,(H,22,25)(H,23,26). The first kappa shape index (κ1) is 18.7. The van der Waals surface area contributed by atoms with Crippen LogP contribution in [0.4, 0.5) is 14.5 Å². The van der Waals surface area contributed by atoms with Crippen molar-refractivity contribution in [3.8, 4) is 10.6 Å². The highest BCUT2D eigenvalue weighted by atomic mass is 32.1. The van der Waals surface area contributed by atoms with E-state index in [0.717, 1.165) is 22.3 Å². The van der Waals surface area contributed by atoms with Crippen molar-refractivity contribution in [2.45, 2.75) is 6.42 Å². The van der Waals surface area contributed by atoms with Crippen molar-refractivity contribution < 1.29 is 18.4 Å². The number of hydrogen-bond donors (Lipinski definition) is 2. The summed E-state index contributed by atoms with van der Waals surface area (Å²) < 4.78 is 26.0. The van der Waals surface area contributed by atoms with Gasteiger partial charge in [-0.15, -0.1) is 11.3 Å². The van der Waals surface area contributed by atoms with Crippen LogP contribution in [0.5, 0.6) is 0 Å². The molecule has 2 amide bonds. The molecule has 5 nitrogen and oxygen atoms in total. The molecule has 0 aliphatic rings. The Morgan fingerprint density at radius 3 is 2.52 bits per heavy atom. The van der Waals surface area contributed by atoms with Crippen LogP contribution >= 0.6 is 11.3 Å².